The number of carbonyl (C=O) groups excluding carboxylic acids is 1. The Morgan fingerprint density at radius 2 is 1.49 bits per heavy atom. The molecule has 2 heterocycles. The molecule has 0 aliphatic heterocycles. The zero-order chi connectivity index (χ0) is 24.4. The standard InChI is InChI=1S/C30H28N4O/c1-20-11-10-16-25-21(2)17-27(32-30(20)25)34-28(18-22(3)33-34)31-29(35)19-26(23-12-6-4-7-13-23)24-14-8-5-9-15-24/h4-18,26H,19H2,1-3H3,(H,31,35). The molecular weight excluding hydrogens is 432 g/mol. The molecule has 0 radical (unpaired) electrons. The van der Waals surface area contributed by atoms with Crippen LogP contribution in [0.3, 0.4) is 0 Å². The Morgan fingerprint density at radius 1 is 0.829 bits per heavy atom. The molecule has 35 heavy (non-hydrogen) atoms. The van der Waals surface area contributed by atoms with Gasteiger partial charge in [0.1, 0.15) is 5.82 Å². The maximum absolute atomic E-state index is 13.3. The van der Waals surface area contributed by atoms with Crippen molar-refractivity contribution >= 4 is 22.6 Å². The van der Waals surface area contributed by atoms with Gasteiger partial charge in [-0.3, -0.25) is 4.79 Å². The van der Waals surface area contributed by atoms with Crippen LogP contribution < -0.4 is 5.32 Å². The number of hydrogen-bond donors (Lipinski definition) is 1. The molecule has 0 aliphatic rings. The van der Waals surface area contributed by atoms with Gasteiger partial charge in [0, 0.05) is 23.8 Å². The van der Waals surface area contributed by atoms with Gasteiger partial charge in [0.2, 0.25) is 5.91 Å². The molecule has 0 fully saturated rings. The van der Waals surface area contributed by atoms with Gasteiger partial charge in [-0.2, -0.15) is 9.78 Å². The van der Waals surface area contributed by atoms with Crippen molar-refractivity contribution in [3.05, 3.63) is 119 Å². The third-order valence-electron chi connectivity index (χ3n) is 6.34. The minimum atomic E-state index is -0.0717. The molecule has 2 aromatic heterocycles. The lowest BCUT2D eigenvalue weighted by Gasteiger charge is -2.18. The highest BCUT2D eigenvalue weighted by Crippen LogP contribution is 2.29. The molecular formula is C30H28N4O. The number of aromatic nitrogens is 3. The molecule has 0 bridgehead atoms. The zero-order valence-electron chi connectivity index (χ0n) is 20.2. The summed E-state index contributed by atoms with van der Waals surface area (Å²) >= 11 is 0. The van der Waals surface area contributed by atoms with Crippen LogP contribution in [0.4, 0.5) is 5.82 Å². The molecule has 5 nitrogen and oxygen atoms in total. The van der Waals surface area contributed by atoms with Crippen LogP contribution in [0.2, 0.25) is 0 Å². The van der Waals surface area contributed by atoms with Crippen LogP contribution >= 0.6 is 0 Å². The molecule has 5 rings (SSSR count). The lowest BCUT2D eigenvalue weighted by Crippen LogP contribution is -2.19. The van der Waals surface area contributed by atoms with E-state index in [4.69, 9.17) is 4.98 Å². The molecule has 5 heteroatoms. The monoisotopic (exact) mass is 460 g/mol. The molecule has 0 saturated heterocycles. The van der Waals surface area contributed by atoms with E-state index < -0.39 is 0 Å². The highest BCUT2D eigenvalue weighted by Gasteiger charge is 2.20. The first-order valence-corrected chi connectivity index (χ1v) is 11.8. The molecule has 0 saturated carbocycles. The number of rotatable bonds is 6. The Bertz CT molecular complexity index is 1450. The number of nitrogens with zero attached hydrogens (tertiary/aromatic N) is 3. The number of hydrogen-bond acceptors (Lipinski definition) is 3. The summed E-state index contributed by atoms with van der Waals surface area (Å²) in [6, 6.07) is 30.4. The van der Waals surface area contributed by atoms with Gasteiger partial charge in [-0.1, -0.05) is 78.9 Å². The van der Waals surface area contributed by atoms with E-state index in [9.17, 15) is 4.79 Å². The number of amides is 1. The number of carbonyl (C=O) groups is 1. The third kappa shape index (κ3) is 4.71. The Hall–Kier alpha value is -4.25. The van der Waals surface area contributed by atoms with Gasteiger partial charge in [0.15, 0.2) is 5.82 Å². The fourth-order valence-corrected chi connectivity index (χ4v) is 4.59. The average Bonchev–Trinajstić information content (AvgIpc) is 3.24. The van der Waals surface area contributed by atoms with Crippen LogP contribution in [0.5, 0.6) is 0 Å². The van der Waals surface area contributed by atoms with Gasteiger partial charge in [-0.05, 0) is 49.1 Å². The number of nitrogens with one attached hydrogen (secondary N) is 1. The Morgan fingerprint density at radius 3 is 2.14 bits per heavy atom. The Balaban J connectivity index is 1.46. The maximum atomic E-state index is 13.3. The summed E-state index contributed by atoms with van der Waals surface area (Å²) in [4.78, 5) is 18.2. The largest absolute Gasteiger partial charge is 0.310 e. The van der Waals surface area contributed by atoms with Crippen molar-refractivity contribution in [3.63, 3.8) is 0 Å². The second-order valence-electron chi connectivity index (χ2n) is 8.98. The first-order chi connectivity index (χ1) is 17.0. The first-order valence-electron chi connectivity index (χ1n) is 11.8. The lowest BCUT2D eigenvalue weighted by molar-refractivity contribution is -0.116. The molecule has 0 atom stereocenters. The van der Waals surface area contributed by atoms with Gasteiger partial charge >= 0.3 is 0 Å². The number of pyridine rings is 1. The van der Waals surface area contributed by atoms with E-state index in [2.05, 4.69) is 60.7 Å². The summed E-state index contributed by atoms with van der Waals surface area (Å²) in [5.41, 5.74) is 6.21. The van der Waals surface area contributed by atoms with Crippen molar-refractivity contribution in [2.24, 2.45) is 0 Å². The zero-order valence-corrected chi connectivity index (χ0v) is 20.2. The summed E-state index contributed by atoms with van der Waals surface area (Å²) < 4.78 is 1.73. The van der Waals surface area contributed by atoms with Crippen LogP contribution in [-0.2, 0) is 4.79 Å². The van der Waals surface area contributed by atoms with Crippen molar-refractivity contribution in [3.8, 4) is 5.82 Å². The molecule has 1 amide bonds. The highest BCUT2D eigenvalue weighted by atomic mass is 16.1. The predicted molar refractivity (Wildman–Crippen MR) is 141 cm³/mol. The van der Waals surface area contributed by atoms with Crippen molar-refractivity contribution in [1.29, 1.82) is 0 Å². The van der Waals surface area contributed by atoms with Crippen molar-refractivity contribution in [1.82, 2.24) is 14.8 Å². The van der Waals surface area contributed by atoms with Crippen molar-refractivity contribution in [2.45, 2.75) is 33.1 Å². The van der Waals surface area contributed by atoms with E-state index in [0.29, 0.717) is 18.1 Å². The molecule has 1 N–H and O–H groups in total. The SMILES string of the molecule is Cc1cc(NC(=O)CC(c2ccccc2)c2ccccc2)n(-c2cc(C)c3cccc(C)c3n2)n1. The normalized spacial score (nSPS) is 11.2. The minimum absolute atomic E-state index is 0.0430. The van der Waals surface area contributed by atoms with E-state index >= 15 is 0 Å². The Kier molecular flexibility index (Phi) is 6.15. The van der Waals surface area contributed by atoms with Gasteiger partial charge in [0.25, 0.3) is 0 Å². The predicted octanol–water partition coefficient (Wildman–Crippen LogP) is 6.51. The smallest absolute Gasteiger partial charge is 0.226 e. The highest BCUT2D eigenvalue weighted by molar-refractivity contribution is 5.91. The number of anilines is 1. The third-order valence-corrected chi connectivity index (χ3v) is 6.34. The molecule has 3 aromatic carbocycles. The van der Waals surface area contributed by atoms with Gasteiger partial charge in [0.05, 0.1) is 11.2 Å². The number of aryl methyl sites for hydroxylation is 3. The number of benzene rings is 3. The topological polar surface area (TPSA) is 59.8 Å². The van der Waals surface area contributed by atoms with Crippen LogP contribution in [0, 0.1) is 20.8 Å². The van der Waals surface area contributed by atoms with Crippen LogP contribution in [0.25, 0.3) is 16.7 Å². The van der Waals surface area contributed by atoms with Gasteiger partial charge < -0.3 is 5.32 Å². The maximum Gasteiger partial charge on any atom is 0.226 e. The molecule has 5 aromatic rings. The van der Waals surface area contributed by atoms with E-state index in [1.165, 1.54) is 0 Å². The molecule has 174 valence electrons. The molecule has 0 unspecified atom stereocenters. The van der Waals surface area contributed by atoms with E-state index in [1.54, 1.807) is 4.68 Å². The van der Waals surface area contributed by atoms with E-state index in [0.717, 1.165) is 38.9 Å². The van der Waals surface area contributed by atoms with Crippen LogP contribution in [-0.4, -0.2) is 20.7 Å². The summed E-state index contributed by atoms with van der Waals surface area (Å²) in [7, 11) is 0. The van der Waals surface area contributed by atoms with E-state index in [1.807, 2.05) is 61.5 Å². The summed E-state index contributed by atoms with van der Waals surface area (Å²) in [5.74, 6) is 1.19. The molecule has 0 aliphatic carbocycles. The fraction of sp³-hybridized carbons (Fsp3) is 0.167. The second kappa shape index (κ2) is 9.55. The van der Waals surface area contributed by atoms with Crippen molar-refractivity contribution < 1.29 is 4.79 Å². The fourth-order valence-electron chi connectivity index (χ4n) is 4.59. The summed E-state index contributed by atoms with van der Waals surface area (Å²) in [6.07, 6.45) is 0.321. The average molecular weight is 461 g/mol. The van der Waals surface area contributed by atoms with Crippen LogP contribution in [0.1, 0.15) is 40.3 Å². The van der Waals surface area contributed by atoms with E-state index in [-0.39, 0.29) is 11.8 Å². The summed E-state index contributed by atoms with van der Waals surface area (Å²) in [5, 5.41) is 8.87. The number of para-hydroxylation sites is 1. The molecule has 0 spiro atoms. The van der Waals surface area contributed by atoms with Crippen molar-refractivity contribution in [2.75, 3.05) is 5.32 Å². The number of fused-ring (bicyclic) bond motifs is 1. The van der Waals surface area contributed by atoms with Gasteiger partial charge in [-0.25, -0.2) is 4.98 Å². The summed E-state index contributed by atoms with van der Waals surface area (Å²) in [6.45, 7) is 6.05. The Labute approximate surface area is 205 Å². The van der Waals surface area contributed by atoms with Crippen LogP contribution in [0.15, 0.2) is 91.0 Å². The second-order valence-corrected chi connectivity index (χ2v) is 8.98. The quantitative estimate of drug-likeness (QED) is 0.314. The lowest BCUT2D eigenvalue weighted by atomic mass is 9.88. The van der Waals surface area contributed by atoms with Gasteiger partial charge in [-0.15, -0.1) is 0 Å². The first kappa shape index (κ1) is 22.5. The minimum Gasteiger partial charge on any atom is -0.310 e.